The fourth-order valence-electron chi connectivity index (χ4n) is 3.17. The fraction of sp³-hybridized carbons (Fsp3) is 1.00. The van der Waals surface area contributed by atoms with Crippen molar-refractivity contribution in [2.24, 2.45) is 0 Å². The minimum absolute atomic E-state index is 0.591. The average molecular weight is 239 g/mol. The third kappa shape index (κ3) is 5.39. The minimum atomic E-state index is 0.591. The van der Waals surface area contributed by atoms with Crippen molar-refractivity contribution in [2.45, 2.75) is 82.8 Å². The molecule has 2 rings (SSSR count). The molecular formula is C15H29NO. The first-order chi connectivity index (χ1) is 8.45. The molecule has 0 aliphatic heterocycles. The van der Waals surface area contributed by atoms with Crippen LogP contribution in [-0.4, -0.2) is 25.3 Å². The van der Waals surface area contributed by atoms with Crippen LogP contribution in [0.2, 0.25) is 0 Å². The smallest absolute Gasteiger partial charge is 0.0575 e. The minimum Gasteiger partial charge on any atom is -0.378 e. The van der Waals surface area contributed by atoms with Gasteiger partial charge in [0.1, 0.15) is 0 Å². The van der Waals surface area contributed by atoms with Crippen molar-refractivity contribution in [1.82, 2.24) is 5.32 Å². The number of nitrogens with one attached hydrogen (secondary N) is 1. The maximum absolute atomic E-state index is 5.88. The molecule has 0 aromatic carbocycles. The Morgan fingerprint density at radius 1 is 0.824 bits per heavy atom. The van der Waals surface area contributed by atoms with Gasteiger partial charge in [-0.15, -0.1) is 0 Å². The lowest BCUT2D eigenvalue weighted by Gasteiger charge is -2.16. The van der Waals surface area contributed by atoms with Crippen molar-refractivity contribution in [3.05, 3.63) is 0 Å². The summed E-state index contributed by atoms with van der Waals surface area (Å²) in [6.07, 6.45) is 15.7. The summed E-state index contributed by atoms with van der Waals surface area (Å²) in [6.45, 7) is 2.11. The highest BCUT2D eigenvalue weighted by atomic mass is 16.5. The van der Waals surface area contributed by atoms with E-state index in [2.05, 4.69) is 5.32 Å². The van der Waals surface area contributed by atoms with Gasteiger partial charge in [0, 0.05) is 12.6 Å². The molecule has 0 saturated heterocycles. The van der Waals surface area contributed by atoms with Gasteiger partial charge in [0.25, 0.3) is 0 Å². The molecule has 0 aromatic rings. The Balaban J connectivity index is 1.44. The third-order valence-electron chi connectivity index (χ3n) is 4.27. The molecule has 0 aromatic heterocycles. The van der Waals surface area contributed by atoms with E-state index in [-0.39, 0.29) is 0 Å². The summed E-state index contributed by atoms with van der Waals surface area (Å²) in [4.78, 5) is 0. The number of rotatable bonds is 6. The van der Waals surface area contributed by atoms with Crippen LogP contribution in [-0.2, 0) is 4.74 Å². The Labute approximate surface area is 107 Å². The normalized spacial score (nSPS) is 24.0. The molecule has 17 heavy (non-hydrogen) atoms. The number of ether oxygens (including phenoxy) is 1. The molecule has 2 aliphatic rings. The predicted octanol–water partition coefficient (Wildman–Crippen LogP) is 3.65. The van der Waals surface area contributed by atoms with Gasteiger partial charge in [-0.2, -0.15) is 0 Å². The van der Waals surface area contributed by atoms with Gasteiger partial charge < -0.3 is 10.1 Å². The molecule has 2 nitrogen and oxygen atoms in total. The highest BCUT2D eigenvalue weighted by molar-refractivity contribution is 4.70. The van der Waals surface area contributed by atoms with Crippen molar-refractivity contribution in [3.63, 3.8) is 0 Å². The first kappa shape index (κ1) is 13.4. The Hall–Kier alpha value is -0.0800. The summed E-state index contributed by atoms with van der Waals surface area (Å²) < 4.78 is 5.88. The molecule has 0 bridgehead atoms. The van der Waals surface area contributed by atoms with E-state index in [1.807, 2.05) is 0 Å². The van der Waals surface area contributed by atoms with E-state index >= 15 is 0 Å². The standard InChI is InChI=1S/C15H29NO/c1-2-4-9-14(8-3-1)16-12-7-13-17-15-10-5-6-11-15/h14-16H,1-13H2. The van der Waals surface area contributed by atoms with Crippen molar-refractivity contribution in [3.8, 4) is 0 Å². The zero-order valence-electron chi connectivity index (χ0n) is 11.3. The largest absolute Gasteiger partial charge is 0.378 e. The van der Waals surface area contributed by atoms with Crippen LogP contribution in [0.25, 0.3) is 0 Å². The molecule has 0 radical (unpaired) electrons. The monoisotopic (exact) mass is 239 g/mol. The van der Waals surface area contributed by atoms with E-state index in [9.17, 15) is 0 Å². The summed E-state index contributed by atoms with van der Waals surface area (Å²) in [5, 5.41) is 3.71. The second-order valence-electron chi connectivity index (χ2n) is 5.77. The summed E-state index contributed by atoms with van der Waals surface area (Å²) in [6, 6.07) is 0.795. The summed E-state index contributed by atoms with van der Waals surface area (Å²) >= 11 is 0. The molecule has 0 atom stereocenters. The zero-order chi connectivity index (χ0) is 11.8. The van der Waals surface area contributed by atoms with E-state index in [4.69, 9.17) is 4.74 Å². The van der Waals surface area contributed by atoms with Crippen LogP contribution in [0.1, 0.15) is 70.6 Å². The molecule has 2 heteroatoms. The maximum atomic E-state index is 5.88. The van der Waals surface area contributed by atoms with Gasteiger partial charge in [-0.1, -0.05) is 38.5 Å². The molecule has 0 amide bonds. The quantitative estimate of drug-likeness (QED) is 0.564. The molecule has 0 heterocycles. The van der Waals surface area contributed by atoms with Crippen molar-refractivity contribution in [1.29, 1.82) is 0 Å². The van der Waals surface area contributed by atoms with Crippen LogP contribution in [0.3, 0.4) is 0 Å². The van der Waals surface area contributed by atoms with E-state index in [0.717, 1.165) is 19.2 Å². The lowest BCUT2D eigenvalue weighted by molar-refractivity contribution is 0.0565. The molecule has 2 aliphatic carbocycles. The summed E-state index contributed by atoms with van der Waals surface area (Å²) in [5.41, 5.74) is 0. The van der Waals surface area contributed by atoms with Gasteiger partial charge in [0.2, 0.25) is 0 Å². The zero-order valence-corrected chi connectivity index (χ0v) is 11.3. The Bertz CT molecular complexity index is 181. The first-order valence-corrected chi connectivity index (χ1v) is 7.80. The van der Waals surface area contributed by atoms with Crippen LogP contribution < -0.4 is 5.32 Å². The molecule has 0 spiro atoms. The second-order valence-corrected chi connectivity index (χ2v) is 5.77. The van der Waals surface area contributed by atoms with Crippen LogP contribution in [0, 0.1) is 0 Å². The predicted molar refractivity (Wildman–Crippen MR) is 72.3 cm³/mol. The first-order valence-electron chi connectivity index (χ1n) is 7.80. The Morgan fingerprint density at radius 3 is 2.18 bits per heavy atom. The number of hydrogen-bond donors (Lipinski definition) is 1. The Morgan fingerprint density at radius 2 is 1.47 bits per heavy atom. The number of hydrogen-bond acceptors (Lipinski definition) is 2. The highest BCUT2D eigenvalue weighted by Gasteiger charge is 2.15. The molecule has 2 saturated carbocycles. The lowest BCUT2D eigenvalue weighted by Crippen LogP contribution is -2.30. The molecule has 0 unspecified atom stereocenters. The molecule has 1 N–H and O–H groups in total. The van der Waals surface area contributed by atoms with Gasteiger partial charge in [-0.05, 0) is 38.6 Å². The lowest BCUT2D eigenvalue weighted by atomic mass is 10.1. The fourth-order valence-corrected chi connectivity index (χ4v) is 3.17. The van der Waals surface area contributed by atoms with Gasteiger partial charge in [-0.3, -0.25) is 0 Å². The van der Waals surface area contributed by atoms with Crippen LogP contribution in [0.5, 0.6) is 0 Å². The van der Waals surface area contributed by atoms with E-state index in [1.54, 1.807) is 0 Å². The second kappa shape index (κ2) is 8.10. The average Bonchev–Trinajstić information content (AvgIpc) is 2.72. The van der Waals surface area contributed by atoms with Gasteiger partial charge in [0.15, 0.2) is 0 Å². The Kier molecular flexibility index (Phi) is 6.36. The maximum Gasteiger partial charge on any atom is 0.0575 e. The van der Waals surface area contributed by atoms with E-state index in [0.29, 0.717) is 6.10 Å². The van der Waals surface area contributed by atoms with Crippen LogP contribution in [0.4, 0.5) is 0 Å². The van der Waals surface area contributed by atoms with Crippen LogP contribution in [0.15, 0.2) is 0 Å². The van der Waals surface area contributed by atoms with Crippen molar-refractivity contribution < 1.29 is 4.74 Å². The van der Waals surface area contributed by atoms with Gasteiger partial charge in [-0.25, -0.2) is 0 Å². The summed E-state index contributed by atoms with van der Waals surface area (Å²) in [5.74, 6) is 0. The third-order valence-corrected chi connectivity index (χ3v) is 4.27. The topological polar surface area (TPSA) is 21.3 Å². The van der Waals surface area contributed by atoms with Crippen molar-refractivity contribution in [2.75, 3.05) is 13.2 Å². The van der Waals surface area contributed by atoms with Crippen molar-refractivity contribution >= 4 is 0 Å². The van der Waals surface area contributed by atoms with Gasteiger partial charge in [0.05, 0.1) is 6.10 Å². The van der Waals surface area contributed by atoms with E-state index in [1.165, 1.54) is 70.6 Å². The SMILES string of the molecule is C1CCCC(NCCCOC2CCCC2)CC1. The molecule has 2 fully saturated rings. The van der Waals surface area contributed by atoms with Gasteiger partial charge >= 0.3 is 0 Å². The molecule has 100 valence electrons. The highest BCUT2D eigenvalue weighted by Crippen LogP contribution is 2.21. The summed E-state index contributed by atoms with van der Waals surface area (Å²) in [7, 11) is 0. The van der Waals surface area contributed by atoms with E-state index < -0.39 is 0 Å². The molecular weight excluding hydrogens is 210 g/mol. The van der Waals surface area contributed by atoms with Crippen LogP contribution >= 0.6 is 0 Å².